The Kier molecular flexibility index (Phi) is 8.00. The smallest absolute Gasteiger partial charge is 0.340 e. The van der Waals surface area contributed by atoms with Crippen molar-refractivity contribution in [2.45, 2.75) is 27.7 Å². The van der Waals surface area contributed by atoms with Gasteiger partial charge in [0.05, 0.1) is 5.52 Å². The van der Waals surface area contributed by atoms with E-state index in [-0.39, 0.29) is 17.0 Å². The van der Waals surface area contributed by atoms with Gasteiger partial charge in [-0.15, -0.1) is 0 Å². The van der Waals surface area contributed by atoms with Crippen LogP contribution in [0.1, 0.15) is 36.7 Å². The first-order valence-corrected chi connectivity index (χ1v) is 10.0. The molecule has 154 valence electrons. The lowest BCUT2D eigenvalue weighted by molar-refractivity contribution is 0.0696. The number of benzene rings is 2. The first kappa shape index (κ1) is 22.7. The van der Waals surface area contributed by atoms with Gasteiger partial charge in [0.15, 0.2) is 5.75 Å². The molecule has 0 unspecified atom stereocenters. The van der Waals surface area contributed by atoms with Crippen LogP contribution < -0.4 is 0 Å². The van der Waals surface area contributed by atoms with Crippen molar-refractivity contribution in [1.82, 2.24) is 9.88 Å². The second-order valence-corrected chi connectivity index (χ2v) is 7.07. The van der Waals surface area contributed by atoms with E-state index in [2.05, 4.69) is 30.7 Å². The van der Waals surface area contributed by atoms with Crippen molar-refractivity contribution in [3.8, 4) is 17.0 Å². The largest absolute Gasteiger partial charge is 0.505 e. The molecule has 0 bridgehead atoms. The first-order chi connectivity index (χ1) is 13.8. The van der Waals surface area contributed by atoms with Gasteiger partial charge >= 0.3 is 5.97 Å². The van der Waals surface area contributed by atoms with Crippen LogP contribution in [0, 0.1) is 6.92 Å². The minimum absolute atomic E-state index is 0.140. The molecule has 0 radical (unpaired) electrons. The van der Waals surface area contributed by atoms with Crippen molar-refractivity contribution in [1.29, 1.82) is 0 Å². The highest BCUT2D eigenvalue weighted by atomic mass is 35.5. The van der Waals surface area contributed by atoms with E-state index in [1.807, 2.05) is 13.0 Å². The van der Waals surface area contributed by atoms with Crippen molar-refractivity contribution < 1.29 is 15.0 Å². The van der Waals surface area contributed by atoms with E-state index < -0.39 is 5.97 Å². The molecule has 0 aliphatic heterocycles. The Hall–Kier alpha value is -2.63. The highest BCUT2D eigenvalue weighted by Gasteiger charge is 2.20. The molecule has 2 aromatic carbocycles. The standard InChI is InChI=1S/C17H12ClNO3.C6H15N/c1-9-2-7-13-12(8-9)14(17(21)22)16(20)15(19-13)10-3-5-11(18)6-4-10;1-4-7(5-2)6-3/h2-8,20H,1H3,(H,21,22);4-6H2,1-3H3. The molecule has 0 aliphatic rings. The number of aromatic carboxylic acids is 1. The summed E-state index contributed by atoms with van der Waals surface area (Å²) in [5.74, 6) is -1.53. The van der Waals surface area contributed by atoms with E-state index in [0.717, 1.165) is 5.56 Å². The van der Waals surface area contributed by atoms with Crippen LogP contribution in [0.15, 0.2) is 42.5 Å². The van der Waals surface area contributed by atoms with Crippen molar-refractivity contribution in [3.63, 3.8) is 0 Å². The van der Waals surface area contributed by atoms with Gasteiger partial charge in [0, 0.05) is 16.0 Å². The average Bonchev–Trinajstić information content (AvgIpc) is 2.70. The average molecular weight is 415 g/mol. The number of hydrogen-bond acceptors (Lipinski definition) is 4. The highest BCUT2D eigenvalue weighted by Crippen LogP contribution is 2.36. The summed E-state index contributed by atoms with van der Waals surface area (Å²) in [6, 6.07) is 12.0. The third kappa shape index (κ3) is 5.46. The SMILES string of the molecule is CCN(CC)CC.Cc1ccc2nc(-c3ccc(Cl)cc3)c(O)c(C(=O)O)c2c1. The lowest BCUT2D eigenvalue weighted by atomic mass is 10.0. The summed E-state index contributed by atoms with van der Waals surface area (Å²) in [5.41, 5.74) is 2.11. The van der Waals surface area contributed by atoms with Crippen molar-refractivity contribution in [3.05, 3.63) is 58.6 Å². The molecule has 2 N–H and O–H groups in total. The number of carbonyl (C=O) groups is 1. The van der Waals surface area contributed by atoms with Crippen LogP contribution in [0.2, 0.25) is 5.02 Å². The van der Waals surface area contributed by atoms with E-state index >= 15 is 0 Å². The molecule has 6 heteroatoms. The molecule has 0 fully saturated rings. The number of carboxylic acid groups (broad SMARTS) is 1. The van der Waals surface area contributed by atoms with E-state index in [9.17, 15) is 15.0 Å². The maximum Gasteiger partial charge on any atom is 0.340 e. The van der Waals surface area contributed by atoms with Gasteiger partial charge < -0.3 is 15.1 Å². The minimum atomic E-state index is -1.19. The number of halogens is 1. The fourth-order valence-corrected chi connectivity index (χ4v) is 3.19. The Bertz CT molecular complexity index is 978. The molecule has 3 rings (SSSR count). The molecule has 5 nitrogen and oxygen atoms in total. The van der Waals surface area contributed by atoms with Crippen LogP contribution in [-0.4, -0.2) is 45.7 Å². The molecule has 0 atom stereocenters. The topological polar surface area (TPSA) is 73.7 Å². The molecular formula is C23H27ClN2O3. The maximum absolute atomic E-state index is 11.6. The third-order valence-corrected chi connectivity index (χ3v) is 5.04. The quantitative estimate of drug-likeness (QED) is 0.567. The van der Waals surface area contributed by atoms with Crippen molar-refractivity contribution in [2.75, 3.05) is 19.6 Å². The van der Waals surface area contributed by atoms with Gasteiger partial charge in [-0.25, -0.2) is 9.78 Å². The zero-order valence-corrected chi connectivity index (χ0v) is 18.0. The van der Waals surface area contributed by atoms with Crippen LogP contribution in [0.4, 0.5) is 0 Å². The molecule has 0 saturated carbocycles. The Balaban J connectivity index is 0.000000370. The zero-order valence-electron chi connectivity index (χ0n) is 17.2. The van der Waals surface area contributed by atoms with Gasteiger partial charge in [-0.05, 0) is 50.8 Å². The molecule has 1 heterocycles. The predicted octanol–water partition coefficient (Wildman–Crippen LogP) is 5.62. The van der Waals surface area contributed by atoms with Crippen LogP contribution in [-0.2, 0) is 0 Å². The summed E-state index contributed by atoms with van der Waals surface area (Å²) in [5, 5.41) is 20.8. The molecule has 0 amide bonds. The van der Waals surface area contributed by atoms with E-state index in [4.69, 9.17) is 11.6 Å². The van der Waals surface area contributed by atoms with Crippen molar-refractivity contribution >= 4 is 28.5 Å². The number of fused-ring (bicyclic) bond motifs is 1. The van der Waals surface area contributed by atoms with Gasteiger partial charge in [0.2, 0.25) is 0 Å². The molecular weight excluding hydrogens is 388 g/mol. The van der Waals surface area contributed by atoms with Gasteiger partial charge in [0.25, 0.3) is 0 Å². The number of carboxylic acids is 1. The summed E-state index contributed by atoms with van der Waals surface area (Å²) in [7, 11) is 0. The van der Waals surface area contributed by atoms with Gasteiger partial charge in [-0.3, -0.25) is 0 Å². The first-order valence-electron chi connectivity index (χ1n) is 9.67. The van der Waals surface area contributed by atoms with E-state index in [1.165, 1.54) is 19.6 Å². The number of nitrogens with zero attached hydrogens (tertiary/aromatic N) is 2. The zero-order chi connectivity index (χ0) is 21.6. The highest BCUT2D eigenvalue weighted by molar-refractivity contribution is 6.30. The third-order valence-electron chi connectivity index (χ3n) is 4.79. The number of hydrogen-bond donors (Lipinski definition) is 2. The second kappa shape index (κ2) is 10.2. The Morgan fingerprint density at radius 3 is 2.10 bits per heavy atom. The Morgan fingerprint density at radius 1 is 1.03 bits per heavy atom. The fourth-order valence-electron chi connectivity index (χ4n) is 3.06. The lowest BCUT2D eigenvalue weighted by Gasteiger charge is -2.13. The Morgan fingerprint density at radius 2 is 1.62 bits per heavy atom. The molecule has 29 heavy (non-hydrogen) atoms. The number of rotatable bonds is 5. The number of aromatic hydroxyl groups is 1. The number of aromatic nitrogens is 1. The predicted molar refractivity (Wildman–Crippen MR) is 119 cm³/mol. The van der Waals surface area contributed by atoms with Gasteiger partial charge in [-0.1, -0.05) is 56.1 Å². The van der Waals surface area contributed by atoms with Crippen LogP contribution in [0.25, 0.3) is 22.2 Å². The summed E-state index contributed by atoms with van der Waals surface area (Å²) in [4.78, 5) is 18.4. The van der Waals surface area contributed by atoms with Gasteiger partial charge in [0.1, 0.15) is 11.3 Å². The summed E-state index contributed by atoms with van der Waals surface area (Å²) < 4.78 is 0. The normalized spacial score (nSPS) is 10.7. The molecule has 1 aromatic heterocycles. The van der Waals surface area contributed by atoms with Crippen LogP contribution in [0.3, 0.4) is 0 Å². The fraction of sp³-hybridized carbons (Fsp3) is 0.304. The van der Waals surface area contributed by atoms with E-state index in [0.29, 0.717) is 21.5 Å². The maximum atomic E-state index is 11.6. The molecule has 0 spiro atoms. The van der Waals surface area contributed by atoms with E-state index in [1.54, 1.807) is 36.4 Å². The number of pyridine rings is 1. The summed E-state index contributed by atoms with van der Waals surface area (Å²) >= 11 is 5.86. The molecule has 0 saturated heterocycles. The summed E-state index contributed by atoms with van der Waals surface area (Å²) in [6.07, 6.45) is 0. The van der Waals surface area contributed by atoms with Crippen molar-refractivity contribution in [2.24, 2.45) is 0 Å². The van der Waals surface area contributed by atoms with Gasteiger partial charge in [-0.2, -0.15) is 0 Å². The molecule has 3 aromatic rings. The van der Waals surface area contributed by atoms with Crippen LogP contribution >= 0.6 is 11.6 Å². The Labute approximate surface area is 176 Å². The number of aryl methyl sites for hydroxylation is 1. The summed E-state index contributed by atoms with van der Waals surface area (Å²) in [6.45, 7) is 12.0. The second-order valence-electron chi connectivity index (χ2n) is 6.64. The lowest BCUT2D eigenvalue weighted by Crippen LogP contribution is -2.21. The molecule has 0 aliphatic carbocycles. The van der Waals surface area contributed by atoms with Crippen LogP contribution in [0.5, 0.6) is 5.75 Å². The monoisotopic (exact) mass is 414 g/mol. The minimum Gasteiger partial charge on any atom is -0.505 e.